The second-order valence-electron chi connectivity index (χ2n) is 5.82. The van der Waals surface area contributed by atoms with E-state index in [2.05, 4.69) is 30.8 Å². The highest BCUT2D eigenvalue weighted by Gasteiger charge is 2.09. The molecular formula is C14H24N2O2S. The van der Waals surface area contributed by atoms with Gasteiger partial charge in [0.1, 0.15) is 0 Å². The Morgan fingerprint density at radius 2 is 1.58 bits per heavy atom. The number of sulfonamides is 1. The molecule has 0 radical (unpaired) electrons. The van der Waals surface area contributed by atoms with Gasteiger partial charge in [0.15, 0.2) is 0 Å². The molecule has 0 spiro atoms. The summed E-state index contributed by atoms with van der Waals surface area (Å²) < 4.78 is 25.3. The van der Waals surface area contributed by atoms with Crippen LogP contribution in [0.1, 0.15) is 34.1 Å². The minimum Gasteiger partial charge on any atom is -0.385 e. The molecule has 1 rings (SSSR count). The minimum absolute atomic E-state index is 0.0819. The molecule has 0 aliphatic carbocycles. The third-order valence-electron chi connectivity index (χ3n) is 2.74. The summed E-state index contributed by atoms with van der Waals surface area (Å²) in [5.74, 6) is 0.0819. The van der Waals surface area contributed by atoms with E-state index in [-0.39, 0.29) is 5.75 Å². The number of benzene rings is 1. The fourth-order valence-corrected chi connectivity index (χ4v) is 2.13. The molecule has 0 aromatic heterocycles. The van der Waals surface area contributed by atoms with Crippen LogP contribution in [0.2, 0.25) is 0 Å². The van der Waals surface area contributed by atoms with Crippen molar-refractivity contribution in [3.8, 4) is 0 Å². The Labute approximate surface area is 116 Å². The molecule has 0 saturated carbocycles. The van der Waals surface area contributed by atoms with E-state index < -0.39 is 10.0 Å². The van der Waals surface area contributed by atoms with E-state index in [4.69, 9.17) is 0 Å². The Kier molecular flexibility index (Phi) is 5.23. The molecule has 0 unspecified atom stereocenters. The van der Waals surface area contributed by atoms with Crippen LogP contribution < -0.4 is 10.0 Å². The molecule has 4 nitrogen and oxygen atoms in total. The lowest BCUT2D eigenvalue weighted by Gasteiger charge is -2.18. The smallest absolute Gasteiger partial charge is 0.232 e. The van der Waals surface area contributed by atoms with Gasteiger partial charge in [0.25, 0.3) is 0 Å². The Hall–Kier alpha value is -1.23. The van der Waals surface area contributed by atoms with Crippen molar-refractivity contribution >= 4 is 21.4 Å². The van der Waals surface area contributed by atoms with Crippen LogP contribution in [-0.2, 0) is 10.0 Å². The van der Waals surface area contributed by atoms with Gasteiger partial charge in [0.05, 0.1) is 5.75 Å². The van der Waals surface area contributed by atoms with Crippen molar-refractivity contribution in [2.45, 2.75) is 34.1 Å². The van der Waals surface area contributed by atoms with Gasteiger partial charge in [-0.25, -0.2) is 8.42 Å². The summed E-state index contributed by atoms with van der Waals surface area (Å²) in [6.07, 6.45) is 1.08. The normalized spacial score (nSPS) is 12.2. The molecule has 19 heavy (non-hydrogen) atoms. The lowest BCUT2D eigenvalue weighted by Crippen LogP contribution is -2.15. The van der Waals surface area contributed by atoms with E-state index in [1.54, 1.807) is 19.1 Å². The molecule has 2 N–H and O–H groups in total. The number of hydrogen-bond donors (Lipinski definition) is 2. The Morgan fingerprint density at radius 1 is 1.05 bits per heavy atom. The van der Waals surface area contributed by atoms with Gasteiger partial charge in [-0.05, 0) is 43.0 Å². The molecule has 0 bridgehead atoms. The Morgan fingerprint density at radius 3 is 2.05 bits per heavy atom. The molecule has 0 heterocycles. The van der Waals surface area contributed by atoms with Crippen LogP contribution in [0.25, 0.3) is 0 Å². The lowest BCUT2D eigenvalue weighted by molar-refractivity contribution is 0.390. The van der Waals surface area contributed by atoms with Gasteiger partial charge < -0.3 is 5.32 Å². The van der Waals surface area contributed by atoms with Crippen LogP contribution in [0.3, 0.4) is 0 Å². The molecule has 108 valence electrons. The maximum Gasteiger partial charge on any atom is 0.232 e. The van der Waals surface area contributed by atoms with E-state index in [9.17, 15) is 8.42 Å². The van der Waals surface area contributed by atoms with Crippen molar-refractivity contribution in [1.82, 2.24) is 0 Å². The molecule has 0 amide bonds. The molecule has 0 saturated heterocycles. The van der Waals surface area contributed by atoms with Gasteiger partial charge >= 0.3 is 0 Å². The van der Waals surface area contributed by atoms with Crippen LogP contribution in [0.4, 0.5) is 11.4 Å². The highest BCUT2D eigenvalue weighted by atomic mass is 32.2. The molecular weight excluding hydrogens is 260 g/mol. The van der Waals surface area contributed by atoms with E-state index in [1.807, 2.05) is 12.1 Å². The summed E-state index contributed by atoms with van der Waals surface area (Å²) in [4.78, 5) is 0. The van der Waals surface area contributed by atoms with Gasteiger partial charge in [-0.2, -0.15) is 0 Å². The molecule has 0 fully saturated rings. The summed E-state index contributed by atoms with van der Waals surface area (Å²) >= 11 is 0. The number of rotatable bonds is 6. The first kappa shape index (κ1) is 15.8. The van der Waals surface area contributed by atoms with Crippen LogP contribution >= 0.6 is 0 Å². The maximum atomic E-state index is 11.4. The molecule has 5 heteroatoms. The van der Waals surface area contributed by atoms with Crippen molar-refractivity contribution in [3.63, 3.8) is 0 Å². The summed E-state index contributed by atoms with van der Waals surface area (Å²) in [5.41, 5.74) is 1.91. The lowest BCUT2D eigenvalue weighted by atomic mass is 9.92. The summed E-state index contributed by atoms with van der Waals surface area (Å²) in [7, 11) is -3.19. The van der Waals surface area contributed by atoms with Crippen molar-refractivity contribution in [2.75, 3.05) is 22.3 Å². The van der Waals surface area contributed by atoms with E-state index in [0.717, 1.165) is 18.7 Å². The minimum atomic E-state index is -3.19. The van der Waals surface area contributed by atoms with E-state index >= 15 is 0 Å². The third-order valence-corrected chi connectivity index (χ3v) is 4.05. The fourth-order valence-electron chi connectivity index (χ4n) is 1.49. The molecule has 0 aliphatic rings. The molecule has 1 aromatic carbocycles. The molecule has 0 aliphatic heterocycles. The topological polar surface area (TPSA) is 58.2 Å². The second-order valence-corrected chi connectivity index (χ2v) is 7.83. The predicted molar refractivity (Wildman–Crippen MR) is 82.1 cm³/mol. The Bertz CT molecular complexity index is 487. The SMILES string of the molecule is CCS(=O)(=O)Nc1ccc(NCCC(C)(C)C)cc1. The van der Waals surface area contributed by atoms with Gasteiger partial charge in [0, 0.05) is 17.9 Å². The highest BCUT2D eigenvalue weighted by molar-refractivity contribution is 7.92. The van der Waals surface area contributed by atoms with Crippen LogP contribution in [0.15, 0.2) is 24.3 Å². The monoisotopic (exact) mass is 284 g/mol. The number of anilines is 2. The average molecular weight is 284 g/mol. The summed E-state index contributed by atoms with van der Waals surface area (Å²) in [5, 5.41) is 3.33. The Balaban J connectivity index is 2.53. The zero-order chi connectivity index (χ0) is 14.5. The van der Waals surface area contributed by atoms with Crippen LogP contribution in [0.5, 0.6) is 0 Å². The quantitative estimate of drug-likeness (QED) is 0.842. The highest BCUT2D eigenvalue weighted by Crippen LogP contribution is 2.19. The van der Waals surface area contributed by atoms with Gasteiger partial charge in [-0.1, -0.05) is 20.8 Å². The van der Waals surface area contributed by atoms with Crippen molar-refractivity contribution in [1.29, 1.82) is 0 Å². The summed E-state index contributed by atoms with van der Waals surface area (Å²) in [6, 6.07) is 7.31. The first-order valence-corrected chi connectivity index (χ1v) is 8.21. The zero-order valence-electron chi connectivity index (χ0n) is 12.2. The van der Waals surface area contributed by atoms with Crippen LogP contribution in [0, 0.1) is 5.41 Å². The number of hydrogen-bond acceptors (Lipinski definition) is 3. The zero-order valence-corrected chi connectivity index (χ0v) is 13.0. The summed E-state index contributed by atoms with van der Waals surface area (Å²) in [6.45, 7) is 9.14. The number of nitrogens with one attached hydrogen (secondary N) is 2. The van der Waals surface area contributed by atoms with E-state index in [0.29, 0.717) is 11.1 Å². The maximum absolute atomic E-state index is 11.4. The molecule has 1 aromatic rings. The van der Waals surface area contributed by atoms with Crippen molar-refractivity contribution < 1.29 is 8.42 Å². The molecule has 0 atom stereocenters. The van der Waals surface area contributed by atoms with Crippen LogP contribution in [-0.4, -0.2) is 20.7 Å². The van der Waals surface area contributed by atoms with Gasteiger partial charge in [-0.3, -0.25) is 4.72 Å². The van der Waals surface area contributed by atoms with E-state index in [1.165, 1.54) is 0 Å². The van der Waals surface area contributed by atoms with Gasteiger partial charge in [-0.15, -0.1) is 0 Å². The second kappa shape index (κ2) is 6.28. The third kappa shape index (κ3) is 6.47. The fraction of sp³-hybridized carbons (Fsp3) is 0.571. The first-order valence-electron chi connectivity index (χ1n) is 6.56. The predicted octanol–water partition coefficient (Wildman–Crippen LogP) is 3.30. The van der Waals surface area contributed by atoms with Gasteiger partial charge in [0.2, 0.25) is 10.0 Å². The standard InChI is InChI=1S/C14H24N2O2S/c1-5-19(17,18)16-13-8-6-12(7-9-13)15-11-10-14(2,3)4/h6-9,15-16H,5,10-11H2,1-4H3. The van der Waals surface area contributed by atoms with Crippen molar-refractivity contribution in [2.24, 2.45) is 5.41 Å². The average Bonchev–Trinajstić information content (AvgIpc) is 2.29. The largest absolute Gasteiger partial charge is 0.385 e. The van der Waals surface area contributed by atoms with Crippen molar-refractivity contribution in [3.05, 3.63) is 24.3 Å². The first-order chi connectivity index (χ1) is 8.72.